The summed E-state index contributed by atoms with van der Waals surface area (Å²) in [5.74, 6) is 0.629. The molecule has 0 fully saturated rings. The Bertz CT molecular complexity index is 1070. The molecule has 0 unspecified atom stereocenters. The third-order valence-electron chi connectivity index (χ3n) is 4.63. The Labute approximate surface area is 164 Å². The molecule has 0 aliphatic heterocycles. The lowest BCUT2D eigenvalue weighted by Crippen LogP contribution is -2.11. The van der Waals surface area contributed by atoms with Gasteiger partial charge in [0.1, 0.15) is 5.75 Å². The molecule has 3 nitrogen and oxygen atoms in total. The largest absolute Gasteiger partial charge is 0.493 e. The van der Waals surface area contributed by atoms with Crippen molar-refractivity contribution in [2.75, 3.05) is 11.9 Å². The number of rotatable bonds is 6. The summed E-state index contributed by atoms with van der Waals surface area (Å²) in [6, 6.07) is 31.5. The molecular formula is C25H21NO2. The average molecular weight is 367 g/mol. The minimum Gasteiger partial charge on any atom is -0.493 e. The van der Waals surface area contributed by atoms with E-state index < -0.39 is 0 Å². The number of hydrogen-bond acceptors (Lipinski definition) is 2. The lowest BCUT2D eigenvalue weighted by Gasteiger charge is -2.09. The maximum atomic E-state index is 12.5. The van der Waals surface area contributed by atoms with Crippen LogP contribution in [0.1, 0.15) is 15.9 Å². The van der Waals surface area contributed by atoms with Gasteiger partial charge in [0, 0.05) is 17.7 Å². The first-order valence-electron chi connectivity index (χ1n) is 9.35. The molecule has 1 N–H and O–H groups in total. The van der Waals surface area contributed by atoms with Gasteiger partial charge in [0.2, 0.25) is 0 Å². The van der Waals surface area contributed by atoms with Gasteiger partial charge < -0.3 is 10.1 Å². The summed E-state index contributed by atoms with van der Waals surface area (Å²) < 4.78 is 5.78. The molecule has 0 saturated heterocycles. The maximum absolute atomic E-state index is 12.5. The molecule has 0 aliphatic rings. The highest BCUT2D eigenvalue weighted by Gasteiger charge is 2.07. The smallest absolute Gasteiger partial charge is 0.255 e. The minimum atomic E-state index is -0.133. The Morgan fingerprint density at radius 1 is 0.750 bits per heavy atom. The van der Waals surface area contributed by atoms with E-state index in [-0.39, 0.29) is 5.91 Å². The second-order valence-electron chi connectivity index (χ2n) is 6.62. The summed E-state index contributed by atoms with van der Waals surface area (Å²) in [5, 5.41) is 5.20. The SMILES string of the molecule is O=C(Nc1ccc2ccccc2c1)c1ccc(OCCc2ccccc2)cc1. The highest BCUT2D eigenvalue weighted by atomic mass is 16.5. The van der Waals surface area contributed by atoms with Crippen LogP contribution in [0.2, 0.25) is 0 Å². The van der Waals surface area contributed by atoms with E-state index in [2.05, 4.69) is 23.5 Å². The molecule has 4 aromatic rings. The molecule has 0 saturated carbocycles. The van der Waals surface area contributed by atoms with Crippen LogP contribution in [0.4, 0.5) is 5.69 Å². The van der Waals surface area contributed by atoms with Crippen LogP contribution in [0, 0.1) is 0 Å². The number of fused-ring (bicyclic) bond motifs is 1. The van der Waals surface area contributed by atoms with Crippen LogP contribution in [0.15, 0.2) is 97.1 Å². The number of carbonyl (C=O) groups excluding carboxylic acids is 1. The summed E-state index contributed by atoms with van der Waals surface area (Å²) in [4.78, 5) is 12.5. The number of hydrogen-bond donors (Lipinski definition) is 1. The van der Waals surface area contributed by atoms with Crippen LogP contribution in [0.5, 0.6) is 5.75 Å². The number of nitrogens with one attached hydrogen (secondary N) is 1. The summed E-state index contributed by atoms with van der Waals surface area (Å²) in [6.07, 6.45) is 0.852. The first-order chi connectivity index (χ1) is 13.8. The molecular weight excluding hydrogens is 346 g/mol. The molecule has 0 atom stereocenters. The van der Waals surface area contributed by atoms with Gasteiger partial charge in [-0.25, -0.2) is 0 Å². The topological polar surface area (TPSA) is 38.3 Å². The molecule has 3 heteroatoms. The Hall–Kier alpha value is -3.59. The Kier molecular flexibility index (Phi) is 5.34. The zero-order valence-corrected chi connectivity index (χ0v) is 15.5. The number of carbonyl (C=O) groups is 1. The van der Waals surface area contributed by atoms with Crippen molar-refractivity contribution in [2.45, 2.75) is 6.42 Å². The van der Waals surface area contributed by atoms with Crippen molar-refractivity contribution >= 4 is 22.4 Å². The van der Waals surface area contributed by atoms with Crippen LogP contribution < -0.4 is 10.1 Å². The van der Waals surface area contributed by atoms with Gasteiger partial charge >= 0.3 is 0 Å². The van der Waals surface area contributed by atoms with Crippen molar-refractivity contribution in [3.05, 3.63) is 108 Å². The summed E-state index contributed by atoms with van der Waals surface area (Å²) in [5.41, 5.74) is 2.63. The summed E-state index contributed by atoms with van der Waals surface area (Å²) in [6.45, 7) is 0.604. The molecule has 0 spiro atoms. The Balaban J connectivity index is 1.35. The van der Waals surface area contributed by atoms with Crippen molar-refractivity contribution in [1.29, 1.82) is 0 Å². The standard InChI is InChI=1S/C25H21NO2/c27-25(26-23-13-10-20-8-4-5-9-22(20)18-23)21-11-14-24(15-12-21)28-17-16-19-6-2-1-3-7-19/h1-15,18H,16-17H2,(H,26,27). The van der Waals surface area contributed by atoms with Crippen molar-refractivity contribution < 1.29 is 9.53 Å². The van der Waals surface area contributed by atoms with Crippen molar-refractivity contribution in [3.8, 4) is 5.75 Å². The van der Waals surface area contributed by atoms with E-state index in [1.54, 1.807) is 12.1 Å². The fourth-order valence-electron chi connectivity index (χ4n) is 3.10. The molecule has 0 radical (unpaired) electrons. The van der Waals surface area contributed by atoms with Gasteiger partial charge in [0.15, 0.2) is 0 Å². The average Bonchev–Trinajstić information content (AvgIpc) is 2.75. The highest BCUT2D eigenvalue weighted by Crippen LogP contribution is 2.20. The van der Waals surface area contributed by atoms with Crippen molar-refractivity contribution in [3.63, 3.8) is 0 Å². The monoisotopic (exact) mass is 367 g/mol. The van der Waals surface area contributed by atoms with E-state index in [1.165, 1.54) is 5.56 Å². The highest BCUT2D eigenvalue weighted by molar-refractivity contribution is 6.05. The van der Waals surface area contributed by atoms with Crippen molar-refractivity contribution in [2.24, 2.45) is 0 Å². The zero-order valence-electron chi connectivity index (χ0n) is 15.5. The van der Waals surface area contributed by atoms with Crippen LogP contribution in [0.25, 0.3) is 10.8 Å². The van der Waals surface area contributed by atoms with E-state index in [9.17, 15) is 4.79 Å². The number of benzene rings is 4. The molecule has 28 heavy (non-hydrogen) atoms. The predicted molar refractivity (Wildman–Crippen MR) is 114 cm³/mol. The van der Waals surface area contributed by atoms with Crippen LogP contribution >= 0.6 is 0 Å². The van der Waals surface area contributed by atoms with Gasteiger partial charge in [-0.05, 0) is 52.7 Å². The summed E-state index contributed by atoms with van der Waals surface area (Å²) in [7, 11) is 0. The summed E-state index contributed by atoms with van der Waals surface area (Å²) >= 11 is 0. The number of ether oxygens (including phenoxy) is 1. The van der Waals surface area contributed by atoms with E-state index in [0.717, 1.165) is 28.6 Å². The fraction of sp³-hybridized carbons (Fsp3) is 0.0800. The quantitative estimate of drug-likeness (QED) is 0.474. The van der Waals surface area contributed by atoms with Gasteiger partial charge in [-0.2, -0.15) is 0 Å². The van der Waals surface area contributed by atoms with Gasteiger partial charge in [-0.1, -0.05) is 60.7 Å². The van der Waals surface area contributed by atoms with Crippen molar-refractivity contribution in [1.82, 2.24) is 0 Å². The lowest BCUT2D eigenvalue weighted by molar-refractivity contribution is 0.102. The minimum absolute atomic E-state index is 0.133. The number of amides is 1. The van der Waals surface area contributed by atoms with Gasteiger partial charge in [-0.15, -0.1) is 0 Å². The molecule has 1 amide bonds. The van der Waals surface area contributed by atoms with Gasteiger partial charge in [-0.3, -0.25) is 4.79 Å². The molecule has 0 aromatic heterocycles. The predicted octanol–water partition coefficient (Wildman–Crippen LogP) is 5.71. The van der Waals surface area contributed by atoms with Crippen LogP contribution in [0.3, 0.4) is 0 Å². The normalized spacial score (nSPS) is 10.6. The van der Waals surface area contributed by atoms with E-state index in [0.29, 0.717) is 12.2 Å². The van der Waals surface area contributed by atoms with Gasteiger partial charge in [0.05, 0.1) is 6.61 Å². The molecule has 4 rings (SSSR count). The van der Waals surface area contributed by atoms with E-state index in [1.807, 2.05) is 66.7 Å². The van der Waals surface area contributed by atoms with Crippen LogP contribution in [-0.4, -0.2) is 12.5 Å². The second kappa shape index (κ2) is 8.40. The first-order valence-corrected chi connectivity index (χ1v) is 9.35. The third kappa shape index (κ3) is 4.38. The number of anilines is 1. The molecule has 0 heterocycles. The zero-order chi connectivity index (χ0) is 19.2. The molecule has 0 bridgehead atoms. The third-order valence-corrected chi connectivity index (χ3v) is 4.63. The molecule has 138 valence electrons. The molecule has 4 aromatic carbocycles. The molecule has 0 aliphatic carbocycles. The maximum Gasteiger partial charge on any atom is 0.255 e. The van der Waals surface area contributed by atoms with Crippen LogP contribution in [-0.2, 0) is 6.42 Å². The second-order valence-corrected chi connectivity index (χ2v) is 6.62. The fourth-order valence-corrected chi connectivity index (χ4v) is 3.10. The Morgan fingerprint density at radius 2 is 1.46 bits per heavy atom. The Morgan fingerprint density at radius 3 is 2.25 bits per heavy atom. The van der Waals surface area contributed by atoms with E-state index >= 15 is 0 Å². The van der Waals surface area contributed by atoms with E-state index in [4.69, 9.17) is 4.74 Å². The lowest BCUT2D eigenvalue weighted by atomic mass is 10.1. The first kappa shape index (κ1) is 17.8. The van der Waals surface area contributed by atoms with Gasteiger partial charge in [0.25, 0.3) is 5.91 Å².